The summed E-state index contributed by atoms with van der Waals surface area (Å²) in [5, 5.41) is 16.4. The standard InChI is InChI=1S/C19H21N7/c1-11(2)22-19-17-15(6-8-21-19)23-24-18(17)16-9-13(5-7-20-16)14-10-26(4)25-12(14)3/h5-11H,1-4H3,(H,21,22)(H,23,24). The molecule has 0 aromatic carbocycles. The number of aromatic nitrogens is 6. The molecule has 0 saturated heterocycles. The summed E-state index contributed by atoms with van der Waals surface area (Å²) in [6.45, 7) is 6.18. The Labute approximate surface area is 151 Å². The maximum Gasteiger partial charge on any atom is 0.137 e. The van der Waals surface area contributed by atoms with Crippen molar-refractivity contribution >= 4 is 16.7 Å². The Morgan fingerprint density at radius 3 is 2.69 bits per heavy atom. The minimum absolute atomic E-state index is 0.271. The number of hydrogen-bond donors (Lipinski definition) is 2. The van der Waals surface area contributed by atoms with Gasteiger partial charge in [-0.15, -0.1) is 0 Å². The molecule has 7 nitrogen and oxygen atoms in total. The maximum atomic E-state index is 4.55. The van der Waals surface area contributed by atoms with Crippen molar-refractivity contribution in [2.45, 2.75) is 26.8 Å². The average Bonchev–Trinajstić information content (AvgIpc) is 3.18. The summed E-state index contributed by atoms with van der Waals surface area (Å²) >= 11 is 0. The zero-order chi connectivity index (χ0) is 18.3. The molecule has 7 heteroatoms. The van der Waals surface area contributed by atoms with Gasteiger partial charge < -0.3 is 5.32 Å². The average molecular weight is 347 g/mol. The van der Waals surface area contributed by atoms with Crippen LogP contribution in [0.25, 0.3) is 33.4 Å². The van der Waals surface area contributed by atoms with E-state index in [0.717, 1.165) is 44.9 Å². The lowest BCUT2D eigenvalue weighted by atomic mass is 10.1. The lowest BCUT2D eigenvalue weighted by Gasteiger charge is -2.10. The van der Waals surface area contributed by atoms with E-state index >= 15 is 0 Å². The highest BCUT2D eigenvalue weighted by atomic mass is 15.2. The molecule has 132 valence electrons. The van der Waals surface area contributed by atoms with E-state index in [1.165, 1.54) is 0 Å². The summed E-state index contributed by atoms with van der Waals surface area (Å²) in [7, 11) is 1.93. The van der Waals surface area contributed by atoms with Crippen LogP contribution in [-0.2, 0) is 7.05 Å². The van der Waals surface area contributed by atoms with Crippen LogP contribution in [0, 0.1) is 6.92 Å². The van der Waals surface area contributed by atoms with E-state index in [-0.39, 0.29) is 6.04 Å². The minimum atomic E-state index is 0.271. The third kappa shape index (κ3) is 2.81. The molecule has 0 aliphatic heterocycles. The summed E-state index contributed by atoms with van der Waals surface area (Å²) in [5.41, 5.74) is 5.67. The van der Waals surface area contributed by atoms with Crippen molar-refractivity contribution in [1.82, 2.24) is 29.9 Å². The van der Waals surface area contributed by atoms with E-state index < -0.39 is 0 Å². The van der Waals surface area contributed by atoms with Crippen molar-refractivity contribution < 1.29 is 0 Å². The van der Waals surface area contributed by atoms with E-state index in [2.05, 4.69) is 44.4 Å². The van der Waals surface area contributed by atoms with E-state index in [9.17, 15) is 0 Å². The molecule has 4 rings (SSSR count). The van der Waals surface area contributed by atoms with Gasteiger partial charge in [-0.05, 0) is 44.5 Å². The zero-order valence-corrected chi connectivity index (χ0v) is 15.3. The molecule has 0 fully saturated rings. The molecular weight excluding hydrogens is 326 g/mol. The fourth-order valence-electron chi connectivity index (χ4n) is 3.15. The Balaban J connectivity index is 1.86. The first-order valence-electron chi connectivity index (χ1n) is 8.59. The van der Waals surface area contributed by atoms with Crippen LogP contribution in [-0.4, -0.2) is 36.0 Å². The second-order valence-electron chi connectivity index (χ2n) is 6.68. The van der Waals surface area contributed by atoms with Gasteiger partial charge in [0.05, 0.1) is 22.3 Å². The van der Waals surface area contributed by atoms with Crippen LogP contribution in [0.4, 0.5) is 5.82 Å². The van der Waals surface area contributed by atoms with Gasteiger partial charge in [-0.2, -0.15) is 10.2 Å². The topological polar surface area (TPSA) is 84.3 Å². The van der Waals surface area contributed by atoms with Crippen molar-refractivity contribution in [1.29, 1.82) is 0 Å². The third-order valence-corrected chi connectivity index (χ3v) is 4.23. The Hall–Kier alpha value is -3.22. The molecule has 4 aromatic rings. The fourth-order valence-corrected chi connectivity index (χ4v) is 3.15. The minimum Gasteiger partial charge on any atom is -0.367 e. The SMILES string of the molecule is Cc1nn(C)cc1-c1ccnc(-c2n[nH]c3ccnc(NC(C)C)c23)c1. The third-order valence-electron chi connectivity index (χ3n) is 4.23. The second kappa shape index (κ2) is 6.25. The van der Waals surface area contributed by atoms with Crippen LogP contribution in [0.5, 0.6) is 0 Å². The normalized spacial score (nSPS) is 11.4. The van der Waals surface area contributed by atoms with Crippen LogP contribution in [0.15, 0.2) is 36.8 Å². The summed E-state index contributed by atoms with van der Waals surface area (Å²) < 4.78 is 1.82. The fraction of sp³-hybridized carbons (Fsp3) is 0.263. The van der Waals surface area contributed by atoms with E-state index in [1.807, 2.05) is 49.2 Å². The molecule has 0 atom stereocenters. The first kappa shape index (κ1) is 16.3. The monoisotopic (exact) mass is 347 g/mol. The number of hydrogen-bond acceptors (Lipinski definition) is 5. The van der Waals surface area contributed by atoms with Gasteiger partial charge in [0, 0.05) is 37.2 Å². The highest BCUT2D eigenvalue weighted by Gasteiger charge is 2.16. The van der Waals surface area contributed by atoms with E-state index in [1.54, 1.807) is 6.20 Å². The summed E-state index contributed by atoms with van der Waals surface area (Å²) in [6, 6.07) is 6.24. The molecular formula is C19H21N7. The highest BCUT2D eigenvalue weighted by molar-refractivity contribution is 6.00. The number of nitrogens with zero attached hydrogens (tertiary/aromatic N) is 5. The molecule has 4 aromatic heterocycles. The number of pyridine rings is 2. The Morgan fingerprint density at radius 2 is 1.96 bits per heavy atom. The smallest absolute Gasteiger partial charge is 0.137 e. The van der Waals surface area contributed by atoms with Gasteiger partial charge in [-0.1, -0.05) is 0 Å². The van der Waals surface area contributed by atoms with Crippen LogP contribution >= 0.6 is 0 Å². The van der Waals surface area contributed by atoms with Crippen molar-refractivity contribution in [3.8, 4) is 22.5 Å². The Morgan fingerprint density at radius 1 is 1.15 bits per heavy atom. The Bertz CT molecular complexity index is 1070. The van der Waals surface area contributed by atoms with E-state index in [0.29, 0.717) is 0 Å². The summed E-state index contributed by atoms with van der Waals surface area (Å²) in [6.07, 6.45) is 5.60. The van der Waals surface area contributed by atoms with Gasteiger partial charge in [0.1, 0.15) is 11.5 Å². The number of anilines is 1. The van der Waals surface area contributed by atoms with Crippen LogP contribution in [0.2, 0.25) is 0 Å². The molecule has 2 N–H and O–H groups in total. The summed E-state index contributed by atoms with van der Waals surface area (Å²) in [5.74, 6) is 0.811. The highest BCUT2D eigenvalue weighted by Crippen LogP contribution is 2.32. The van der Waals surface area contributed by atoms with Gasteiger partial charge >= 0.3 is 0 Å². The van der Waals surface area contributed by atoms with Crippen molar-refractivity contribution in [3.05, 3.63) is 42.5 Å². The maximum absolute atomic E-state index is 4.55. The summed E-state index contributed by atoms with van der Waals surface area (Å²) in [4.78, 5) is 9.04. The first-order valence-corrected chi connectivity index (χ1v) is 8.59. The van der Waals surface area contributed by atoms with Gasteiger partial charge in [-0.3, -0.25) is 14.8 Å². The molecule has 0 aliphatic rings. The van der Waals surface area contributed by atoms with Crippen LogP contribution in [0.3, 0.4) is 0 Å². The van der Waals surface area contributed by atoms with Crippen molar-refractivity contribution in [2.75, 3.05) is 5.32 Å². The van der Waals surface area contributed by atoms with Crippen molar-refractivity contribution in [3.63, 3.8) is 0 Å². The lowest BCUT2D eigenvalue weighted by Crippen LogP contribution is -2.11. The molecule has 0 aliphatic carbocycles. The molecule has 26 heavy (non-hydrogen) atoms. The molecule has 0 amide bonds. The van der Waals surface area contributed by atoms with Gasteiger partial charge in [0.15, 0.2) is 0 Å². The Kier molecular flexibility index (Phi) is 3.91. The number of fused-ring (bicyclic) bond motifs is 1. The molecule has 0 unspecified atom stereocenters. The second-order valence-corrected chi connectivity index (χ2v) is 6.68. The number of H-pyrrole nitrogens is 1. The van der Waals surface area contributed by atoms with Gasteiger partial charge in [0.25, 0.3) is 0 Å². The number of aromatic amines is 1. The van der Waals surface area contributed by atoms with Gasteiger partial charge in [-0.25, -0.2) is 4.98 Å². The van der Waals surface area contributed by atoms with Crippen LogP contribution < -0.4 is 5.32 Å². The molecule has 0 bridgehead atoms. The number of aryl methyl sites for hydroxylation is 2. The van der Waals surface area contributed by atoms with Gasteiger partial charge in [0.2, 0.25) is 0 Å². The predicted molar refractivity (Wildman–Crippen MR) is 103 cm³/mol. The number of rotatable bonds is 4. The quantitative estimate of drug-likeness (QED) is 0.590. The molecule has 0 spiro atoms. The largest absolute Gasteiger partial charge is 0.367 e. The zero-order valence-electron chi connectivity index (χ0n) is 15.3. The molecule has 0 saturated carbocycles. The van der Waals surface area contributed by atoms with Crippen molar-refractivity contribution in [2.24, 2.45) is 7.05 Å². The van der Waals surface area contributed by atoms with Crippen LogP contribution in [0.1, 0.15) is 19.5 Å². The molecule has 0 radical (unpaired) electrons. The first-order chi connectivity index (χ1) is 12.5. The molecule has 4 heterocycles. The van der Waals surface area contributed by atoms with E-state index in [4.69, 9.17) is 0 Å². The predicted octanol–water partition coefficient (Wildman–Crippen LogP) is 3.55. The lowest BCUT2D eigenvalue weighted by molar-refractivity contribution is 0.756. The number of nitrogens with one attached hydrogen (secondary N) is 2.